The number of aromatic nitrogens is 5. The van der Waals surface area contributed by atoms with Crippen molar-refractivity contribution in [3.05, 3.63) is 40.1 Å². The number of thioether (sulfide) groups is 1. The monoisotopic (exact) mass is 506 g/mol. The number of nitrogens with zero attached hydrogens (tertiary/aromatic N) is 5. The van der Waals surface area contributed by atoms with Gasteiger partial charge in [-0.2, -0.15) is 0 Å². The van der Waals surface area contributed by atoms with Crippen molar-refractivity contribution < 1.29 is 9.53 Å². The summed E-state index contributed by atoms with van der Waals surface area (Å²) < 4.78 is 7.94. The van der Waals surface area contributed by atoms with Crippen LogP contribution in [0.2, 0.25) is 5.02 Å². The van der Waals surface area contributed by atoms with E-state index in [1.165, 1.54) is 42.4 Å². The zero-order chi connectivity index (χ0) is 23.2. The first-order chi connectivity index (χ1) is 16.0. The zero-order valence-electron chi connectivity index (χ0n) is 18.7. The molecule has 0 spiro atoms. The van der Waals surface area contributed by atoms with Gasteiger partial charge in [-0.1, -0.05) is 66.1 Å². The topological polar surface area (TPSA) is 94.8 Å². The summed E-state index contributed by atoms with van der Waals surface area (Å²) in [6, 6.07) is 7.32. The van der Waals surface area contributed by atoms with Gasteiger partial charge in [0.15, 0.2) is 17.1 Å². The lowest BCUT2D eigenvalue weighted by molar-refractivity contribution is -0.113. The van der Waals surface area contributed by atoms with Crippen LogP contribution >= 0.6 is 34.7 Å². The number of anilines is 1. The molecule has 1 N–H and O–H groups in total. The fraction of sp³-hybridized carbons (Fsp3) is 0.500. The molecule has 0 aliphatic heterocycles. The van der Waals surface area contributed by atoms with Gasteiger partial charge in [0.2, 0.25) is 11.0 Å². The number of para-hydroxylation sites is 1. The van der Waals surface area contributed by atoms with E-state index < -0.39 is 0 Å². The molecule has 1 amide bonds. The molecule has 0 bridgehead atoms. The van der Waals surface area contributed by atoms with Crippen LogP contribution in [0.3, 0.4) is 0 Å². The van der Waals surface area contributed by atoms with Crippen molar-refractivity contribution in [2.24, 2.45) is 0 Å². The molecule has 1 unspecified atom stereocenters. The number of carbonyl (C=O) groups excluding carboxylic acids is 1. The van der Waals surface area contributed by atoms with E-state index in [1.54, 1.807) is 6.07 Å². The Bertz CT molecular complexity index is 1080. The third-order valence-corrected chi connectivity index (χ3v) is 7.82. The third kappa shape index (κ3) is 6.04. The molecule has 8 nitrogen and oxygen atoms in total. The maximum Gasteiger partial charge on any atom is 0.236 e. The number of rotatable bonds is 9. The Labute approximate surface area is 206 Å². The summed E-state index contributed by atoms with van der Waals surface area (Å²) in [4.78, 5) is 12.5. The van der Waals surface area contributed by atoms with E-state index in [1.807, 2.05) is 36.6 Å². The van der Waals surface area contributed by atoms with E-state index in [0.717, 1.165) is 17.8 Å². The Kier molecular flexibility index (Phi) is 8.21. The molecule has 2 heterocycles. The maximum absolute atomic E-state index is 12.5. The van der Waals surface area contributed by atoms with E-state index in [0.29, 0.717) is 39.3 Å². The zero-order valence-corrected chi connectivity index (χ0v) is 21.0. The molecule has 176 valence electrons. The minimum Gasteiger partial charge on any atom is -0.481 e. The summed E-state index contributed by atoms with van der Waals surface area (Å²) in [6.45, 7) is 4.57. The molecular formula is C22H27ClN6O2S2. The number of amides is 1. The highest BCUT2D eigenvalue weighted by molar-refractivity contribution is 7.99. The molecule has 1 aliphatic carbocycles. The number of carbonyl (C=O) groups is 1. The minimum atomic E-state index is -0.347. The van der Waals surface area contributed by atoms with Crippen LogP contribution in [0.5, 0.6) is 5.75 Å². The SMILES string of the molecule is CCn1c(SCC(=O)Nc2nnc(C3CCCCC3)s2)nnc1C(C)Oc1ccccc1Cl. The van der Waals surface area contributed by atoms with Gasteiger partial charge in [0.25, 0.3) is 0 Å². The first kappa shape index (κ1) is 24.0. The molecule has 1 atom stereocenters. The van der Waals surface area contributed by atoms with Crippen molar-refractivity contribution in [2.75, 3.05) is 11.1 Å². The Hall–Kier alpha value is -2.17. The van der Waals surface area contributed by atoms with Gasteiger partial charge >= 0.3 is 0 Å². The predicted molar refractivity (Wildman–Crippen MR) is 131 cm³/mol. The van der Waals surface area contributed by atoms with Crippen LogP contribution in [-0.4, -0.2) is 36.6 Å². The second-order valence-corrected chi connectivity index (χ2v) is 10.3. The van der Waals surface area contributed by atoms with E-state index in [4.69, 9.17) is 16.3 Å². The molecule has 1 fully saturated rings. The number of hydrogen-bond donors (Lipinski definition) is 1. The molecule has 1 aliphatic rings. The van der Waals surface area contributed by atoms with Gasteiger partial charge in [-0.15, -0.1) is 20.4 Å². The summed E-state index contributed by atoms with van der Waals surface area (Å²) in [6.07, 6.45) is 5.75. The van der Waals surface area contributed by atoms with Crippen molar-refractivity contribution in [2.45, 2.75) is 69.7 Å². The highest BCUT2D eigenvalue weighted by atomic mass is 35.5. The van der Waals surface area contributed by atoms with Crippen LogP contribution in [0.25, 0.3) is 0 Å². The predicted octanol–water partition coefficient (Wildman–Crippen LogP) is 5.72. The molecular weight excluding hydrogens is 480 g/mol. The third-order valence-electron chi connectivity index (χ3n) is 5.54. The minimum absolute atomic E-state index is 0.140. The lowest BCUT2D eigenvalue weighted by atomic mass is 9.90. The van der Waals surface area contributed by atoms with Crippen molar-refractivity contribution in [1.29, 1.82) is 0 Å². The highest BCUT2D eigenvalue weighted by Gasteiger charge is 2.22. The summed E-state index contributed by atoms with van der Waals surface area (Å²) in [5, 5.41) is 22.7. The van der Waals surface area contributed by atoms with Crippen LogP contribution in [0.4, 0.5) is 5.13 Å². The van der Waals surface area contributed by atoms with Crippen LogP contribution in [0, 0.1) is 0 Å². The second kappa shape index (κ2) is 11.3. The Morgan fingerprint density at radius 3 is 2.79 bits per heavy atom. The average Bonchev–Trinajstić information content (AvgIpc) is 3.46. The van der Waals surface area contributed by atoms with Gasteiger partial charge in [-0.3, -0.25) is 10.1 Å². The highest BCUT2D eigenvalue weighted by Crippen LogP contribution is 2.35. The number of benzene rings is 1. The summed E-state index contributed by atoms with van der Waals surface area (Å²) in [5.74, 6) is 1.82. The standard InChI is InChI=1S/C22H27ClN6O2S2/c1-3-29-19(14(2)31-17-12-8-7-11-16(17)23)25-28-22(29)32-13-18(30)24-21-27-26-20(33-21)15-9-5-4-6-10-15/h7-8,11-12,14-15H,3-6,9-10,13H2,1-2H3,(H,24,27,30). The maximum atomic E-state index is 12.5. The van der Waals surface area contributed by atoms with E-state index >= 15 is 0 Å². The Morgan fingerprint density at radius 1 is 1.24 bits per heavy atom. The molecule has 4 rings (SSSR count). The second-order valence-electron chi connectivity index (χ2n) is 7.89. The summed E-state index contributed by atoms with van der Waals surface area (Å²) >= 11 is 9.02. The fourth-order valence-electron chi connectivity index (χ4n) is 3.87. The Balaban J connectivity index is 1.33. The number of halogens is 1. The molecule has 33 heavy (non-hydrogen) atoms. The number of ether oxygens (including phenoxy) is 1. The lowest BCUT2D eigenvalue weighted by Crippen LogP contribution is -2.15. The quantitative estimate of drug-likeness (QED) is 0.371. The fourth-order valence-corrected chi connectivity index (χ4v) is 5.79. The van der Waals surface area contributed by atoms with Gasteiger partial charge in [-0.05, 0) is 38.8 Å². The van der Waals surface area contributed by atoms with Gasteiger partial charge in [0.1, 0.15) is 10.8 Å². The lowest BCUT2D eigenvalue weighted by Gasteiger charge is -2.18. The molecule has 1 saturated carbocycles. The van der Waals surface area contributed by atoms with Gasteiger partial charge < -0.3 is 9.30 Å². The molecule has 11 heteroatoms. The molecule has 0 saturated heterocycles. The number of nitrogens with one attached hydrogen (secondary N) is 1. The smallest absolute Gasteiger partial charge is 0.236 e. The number of hydrogen-bond acceptors (Lipinski definition) is 8. The van der Waals surface area contributed by atoms with E-state index in [2.05, 4.69) is 25.7 Å². The largest absolute Gasteiger partial charge is 0.481 e. The molecule has 0 radical (unpaired) electrons. The van der Waals surface area contributed by atoms with Crippen molar-refractivity contribution >= 4 is 45.7 Å². The van der Waals surface area contributed by atoms with Crippen molar-refractivity contribution in [3.8, 4) is 5.75 Å². The van der Waals surface area contributed by atoms with Crippen molar-refractivity contribution in [1.82, 2.24) is 25.0 Å². The van der Waals surface area contributed by atoms with Gasteiger partial charge in [-0.25, -0.2) is 0 Å². The summed E-state index contributed by atoms with van der Waals surface area (Å²) in [7, 11) is 0. The van der Waals surface area contributed by atoms with E-state index in [-0.39, 0.29) is 17.8 Å². The van der Waals surface area contributed by atoms with Crippen LogP contribution in [0.15, 0.2) is 29.4 Å². The normalized spacial score (nSPS) is 15.4. The van der Waals surface area contributed by atoms with E-state index in [9.17, 15) is 4.79 Å². The molecule has 2 aromatic heterocycles. The first-order valence-corrected chi connectivity index (χ1v) is 13.3. The van der Waals surface area contributed by atoms with Gasteiger partial charge in [0.05, 0.1) is 10.8 Å². The average molecular weight is 507 g/mol. The Morgan fingerprint density at radius 2 is 2.03 bits per heavy atom. The van der Waals surface area contributed by atoms with Gasteiger partial charge in [0, 0.05) is 12.5 Å². The van der Waals surface area contributed by atoms with Crippen LogP contribution in [0.1, 0.15) is 68.8 Å². The molecule has 1 aromatic carbocycles. The summed E-state index contributed by atoms with van der Waals surface area (Å²) in [5.41, 5.74) is 0. The van der Waals surface area contributed by atoms with Crippen LogP contribution < -0.4 is 10.1 Å². The molecule has 3 aromatic rings. The van der Waals surface area contributed by atoms with Crippen LogP contribution in [-0.2, 0) is 11.3 Å². The first-order valence-electron chi connectivity index (χ1n) is 11.2. The van der Waals surface area contributed by atoms with Crippen molar-refractivity contribution in [3.63, 3.8) is 0 Å².